The molecule has 0 aliphatic rings. The van der Waals surface area contributed by atoms with Gasteiger partial charge in [-0.05, 0) is 46.9 Å². The van der Waals surface area contributed by atoms with Crippen molar-refractivity contribution in [2.24, 2.45) is 5.84 Å². The molecule has 0 unspecified atom stereocenters. The van der Waals surface area contributed by atoms with Crippen LogP contribution in [0.5, 0.6) is 5.75 Å². The predicted molar refractivity (Wildman–Crippen MR) is 75.5 cm³/mol. The zero-order chi connectivity index (χ0) is 12.1. The van der Waals surface area contributed by atoms with Crippen LogP contribution < -0.4 is 16.0 Å². The summed E-state index contributed by atoms with van der Waals surface area (Å²) in [6.45, 7) is 0.498. The average molecular weight is 341 g/mol. The van der Waals surface area contributed by atoms with Gasteiger partial charge in [-0.3, -0.25) is 0 Å². The molecule has 0 spiro atoms. The number of benzene rings is 1. The summed E-state index contributed by atoms with van der Waals surface area (Å²) >= 11 is 2.25. The third-order valence-corrected chi connectivity index (χ3v) is 2.85. The number of hydrogen-bond donors (Lipinski definition) is 2. The first-order valence-corrected chi connectivity index (χ1v) is 6.16. The van der Waals surface area contributed by atoms with E-state index in [4.69, 9.17) is 10.6 Å². The molecule has 1 heterocycles. The van der Waals surface area contributed by atoms with Gasteiger partial charge < -0.3 is 10.2 Å². The van der Waals surface area contributed by atoms with Crippen molar-refractivity contribution in [1.29, 1.82) is 0 Å². The van der Waals surface area contributed by atoms with Gasteiger partial charge in [0, 0.05) is 15.3 Å². The third kappa shape index (κ3) is 3.57. The lowest BCUT2D eigenvalue weighted by atomic mass is 10.3. The standard InChI is InChI=1S/C12H12IN3O/c13-10-2-1-3-11(6-10)17-8-9-4-5-12(16-14)15-7-9/h1-7H,8,14H2,(H,15,16). The Morgan fingerprint density at radius 3 is 2.82 bits per heavy atom. The maximum atomic E-state index is 5.65. The van der Waals surface area contributed by atoms with E-state index in [2.05, 4.69) is 33.0 Å². The average Bonchev–Trinajstić information content (AvgIpc) is 2.37. The molecule has 0 aliphatic carbocycles. The van der Waals surface area contributed by atoms with Gasteiger partial charge in [-0.1, -0.05) is 12.1 Å². The van der Waals surface area contributed by atoms with Gasteiger partial charge in [-0.2, -0.15) is 0 Å². The number of anilines is 1. The van der Waals surface area contributed by atoms with Gasteiger partial charge in [0.15, 0.2) is 0 Å². The smallest absolute Gasteiger partial charge is 0.139 e. The number of hydrogen-bond acceptors (Lipinski definition) is 4. The van der Waals surface area contributed by atoms with Crippen molar-refractivity contribution in [3.8, 4) is 5.75 Å². The lowest BCUT2D eigenvalue weighted by Crippen LogP contribution is -2.08. The fourth-order valence-corrected chi connectivity index (χ4v) is 1.83. The number of pyridine rings is 1. The molecule has 0 aliphatic heterocycles. The zero-order valence-electron chi connectivity index (χ0n) is 9.06. The Balaban J connectivity index is 1.97. The largest absolute Gasteiger partial charge is 0.489 e. The van der Waals surface area contributed by atoms with E-state index in [-0.39, 0.29) is 0 Å². The molecule has 0 amide bonds. The maximum Gasteiger partial charge on any atom is 0.139 e. The number of nitrogens with one attached hydrogen (secondary N) is 1. The lowest BCUT2D eigenvalue weighted by Gasteiger charge is -2.06. The summed E-state index contributed by atoms with van der Waals surface area (Å²) in [5, 5.41) is 0. The Bertz CT molecular complexity index is 487. The highest BCUT2D eigenvalue weighted by atomic mass is 127. The first kappa shape index (κ1) is 12.1. The van der Waals surface area contributed by atoms with E-state index in [1.54, 1.807) is 6.20 Å². The van der Waals surface area contributed by atoms with Crippen molar-refractivity contribution in [3.05, 3.63) is 51.7 Å². The number of nitrogen functional groups attached to an aromatic ring is 1. The van der Waals surface area contributed by atoms with Gasteiger partial charge in [0.1, 0.15) is 18.2 Å². The lowest BCUT2D eigenvalue weighted by molar-refractivity contribution is 0.305. The third-order valence-electron chi connectivity index (χ3n) is 2.17. The van der Waals surface area contributed by atoms with E-state index in [9.17, 15) is 0 Å². The van der Waals surface area contributed by atoms with Crippen LogP contribution in [0.3, 0.4) is 0 Å². The summed E-state index contributed by atoms with van der Waals surface area (Å²) in [6, 6.07) is 11.7. The van der Waals surface area contributed by atoms with Gasteiger partial charge >= 0.3 is 0 Å². The van der Waals surface area contributed by atoms with Crippen molar-refractivity contribution in [2.45, 2.75) is 6.61 Å². The van der Waals surface area contributed by atoms with Crippen LogP contribution in [0.25, 0.3) is 0 Å². The van der Waals surface area contributed by atoms with Crippen molar-refractivity contribution in [3.63, 3.8) is 0 Å². The number of nitrogens with two attached hydrogens (primary N) is 1. The first-order valence-electron chi connectivity index (χ1n) is 5.08. The van der Waals surface area contributed by atoms with E-state index in [1.165, 1.54) is 0 Å². The summed E-state index contributed by atoms with van der Waals surface area (Å²) in [6.07, 6.45) is 1.74. The minimum Gasteiger partial charge on any atom is -0.489 e. The van der Waals surface area contributed by atoms with Crippen molar-refractivity contribution in [1.82, 2.24) is 4.98 Å². The molecule has 3 N–H and O–H groups in total. The molecule has 0 fully saturated rings. The maximum absolute atomic E-state index is 5.65. The molecule has 0 radical (unpaired) electrons. The Hall–Kier alpha value is -1.34. The van der Waals surface area contributed by atoms with Crippen molar-refractivity contribution < 1.29 is 4.74 Å². The van der Waals surface area contributed by atoms with E-state index < -0.39 is 0 Å². The minimum absolute atomic E-state index is 0.498. The van der Waals surface area contributed by atoms with Crippen LogP contribution >= 0.6 is 22.6 Å². The summed E-state index contributed by atoms with van der Waals surface area (Å²) in [5.41, 5.74) is 3.49. The molecule has 2 aromatic rings. The molecular weight excluding hydrogens is 329 g/mol. The molecule has 0 saturated heterocycles. The Morgan fingerprint density at radius 2 is 2.18 bits per heavy atom. The predicted octanol–water partition coefficient (Wildman–Crippen LogP) is 2.55. The van der Waals surface area contributed by atoms with Gasteiger partial charge in [-0.15, -0.1) is 0 Å². The van der Waals surface area contributed by atoms with Crippen LogP contribution in [0.2, 0.25) is 0 Å². The Kier molecular flexibility index (Phi) is 4.16. The Morgan fingerprint density at radius 1 is 1.29 bits per heavy atom. The molecule has 1 aromatic carbocycles. The molecule has 4 nitrogen and oxygen atoms in total. The summed E-state index contributed by atoms with van der Waals surface area (Å²) in [5.74, 6) is 6.74. The zero-order valence-corrected chi connectivity index (χ0v) is 11.2. The summed E-state index contributed by atoms with van der Waals surface area (Å²) < 4.78 is 6.80. The normalized spacial score (nSPS) is 10.0. The second-order valence-electron chi connectivity index (χ2n) is 3.44. The molecular formula is C12H12IN3O. The van der Waals surface area contributed by atoms with E-state index in [0.717, 1.165) is 14.9 Å². The van der Waals surface area contributed by atoms with Crippen LogP contribution in [0.1, 0.15) is 5.56 Å². The van der Waals surface area contributed by atoms with Gasteiger partial charge in [-0.25, -0.2) is 10.8 Å². The first-order chi connectivity index (χ1) is 8.28. The second kappa shape index (κ2) is 5.83. The summed E-state index contributed by atoms with van der Waals surface area (Å²) in [7, 11) is 0. The van der Waals surface area contributed by atoms with E-state index in [0.29, 0.717) is 12.4 Å². The monoisotopic (exact) mass is 341 g/mol. The van der Waals surface area contributed by atoms with E-state index in [1.807, 2.05) is 36.4 Å². The number of hydrazine groups is 1. The van der Waals surface area contributed by atoms with Crippen molar-refractivity contribution in [2.75, 3.05) is 5.43 Å². The highest BCUT2D eigenvalue weighted by molar-refractivity contribution is 14.1. The topological polar surface area (TPSA) is 60.2 Å². The second-order valence-corrected chi connectivity index (χ2v) is 4.69. The van der Waals surface area contributed by atoms with Crippen LogP contribution in [0, 0.1) is 3.57 Å². The highest BCUT2D eigenvalue weighted by Crippen LogP contribution is 2.16. The summed E-state index contributed by atoms with van der Waals surface area (Å²) in [4.78, 5) is 4.11. The number of halogens is 1. The number of aromatic nitrogens is 1. The number of rotatable bonds is 4. The molecule has 88 valence electrons. The molecule has 17 heavy (non-hydrogen) atoms. The van der Waals surface area contributed by atoms with Gasteiger partial charge in [0.2, 0.25) is 0 Å². The quantitative estimate of drug-likeness (QED) is 0.510. The van der Waals surface area contributed by atoms with Crippen LogP contribution in [-0.4, -0.2) is 4.98 Å². The SMILES string of the molecule is NNc1ccc(COc2cccc(I)c2)cn1. The van der Waals surface area contributed by atoms with Crippen LogP contribution in [0.15, 0.2) is 42.6 Å². The fourth-order valence-electron chi connectivity index (χ4n) is 1.32. The number of ether oxygens (including phenoxy) is 1. The fraction of sp³-hybridized carbons (Fsp3) is 0.0833. The van der Waals surface area contributed by atoms with Crippen LogP contribution in [0.4, 0.5) is 5.82 Å². The van der Waals surface area contributed by atoms with Gasteiger partial charge in [0.05, 0.1) is 0 Å². The van der Waals surface area contributed by atoms with Gasteiger partial charge in [0.25, 0.3) is 0 Å². The highest BCUT2D eigenvalue weighted by Gasteiger charge is 1.98. The number of nitrogens with zero attached hydrogens (tertiary/aromatic N) is 1. The minimum atomic E-state index is 0.498. The molecule has 0 bridgehead atoms. The van der Waals surface area contributed by atoms with Crippen LogP contribution in [-0.2, 0) is 6.61 Å². The molecule has 0 atom stereocenters. The molecule has 1 aromatic heterocycles. The van der Waals surface area contributed by atoms with Crippen molar-refractivity contribution >= 4 is 28.4 Å². The van der Waals surface area contributed by atoms with E-state index >= 15 is 0 Å². The molecule has 0 saturated carbocycles. The Labute approximate surface area is 113 Å². The molecule has 2 rings (SSSR count). The molecule has 5 heteroatoms.